The first-order valence-electron chi connectivity index (χ1n) is 11.2. The summed E-state index contributed by atoms with van der Waals surface area (Å²) < 4.78 is 0. The molecule has 0 aliphatic heterocycles. The maximum Gasteiger partial charge on any atom is 0.414 e. The molecule has 0 atom stereocenters. The van der Waals surface area contributed by atoms with E-state index < -0.39 is 17.9 Å². The van der Waals surface area contributed by atoms with Gasteiger partial charge in [-0.15, -0.1) is 0 Å². The van der Waals surface area contributed by atoms with Gasteiger partial charge in [0.15, 0.2) is 0 Å². The van der Waals surface area contributed by atoms with Gasteiger partial charge in [-0.2, -0.15) is 0 Å². The van der Waals surface area contributed by atoms with Crippen molar-refractivity contribution in [2.24, 2.45) is 0 Å². The molecule has 0 unspecified atom stereocenters. The van der Waals surface area contributed by atoms with Crippen LogP contribution < -0.4 is 0 Å². The molecule has 0 bridgehead atoms. The minimum absolute atomic E-state index is 0.125. The molecular weight excluding hydrogens is 392 g/mol. The fraction of sp³-hybridized carbons (Fsp3) is 0.864. The molecule has 8 nitrogen and oxygen atoms in total. The van der Waals surface area contributed by atoms with E-state index in [-0.39, 0.29) is 13.2 Å². The van der Waals surface area contributed by atoms with Crippen LogP contribution in [0, 0.1) is 0 Å². The van der Waals surface area contributed by atoms with Crippen molar-refractivity contribution in [3.05, 3.63) is 0 Å². The molecule has 8 heteroatoms. The van der Waals surface area contributed by atoms with Crippen molar-refractivity contribution >= 4 is 17.9 Å². The van der Waals surface area contributed by atoms with Gasteiger partial charge in [-0.05, 0) is 6.42 Å². The van der Waals surface area contributed by atoms with Crippen LogP contribution in [0.4, 0.5) is 0 Å². The van der Waals surface area contributed by atoms with E-state index in [4.69, 9.17) is 35.1 Å². The molecule has 0 radical (unpaired) electrons. The summed E-state index contributed by atoms with van der Waals surface area (Å²) in [5, 5.41) is 38.5. The maximum atomic E-state index is 10.3. The number of carboxylic acids is 3. The zero-order chi connectivity index (χ0) is 23.5. The van der Waals surface area contributed by atoms with E-state index in [9.17, 15) is 4.79 Å². The number of rotatable bonds is 17. The number of hydrogen-bond acceptors (Lipinski definition) is 5. The van der Waals surface area contributed by atoms with E-state index in [0.29, 0.717) is 6.42 Å². The summed E-state index contributed by atoms with van der Waals surface area (Å²) in [6.07, 6.45) is 20.2. The van der Waals surface area contributed by atoms with Crippen molar-refractivity contribution in [2.75, 3.05) is 13.2 Å². The third-order valence-electron chi connectivity index (χ3n) is 4.28. The van der Waals surface area contributed by atoms with Crippen molar-refractivity contribution in [1.82, 2.24) is 0 Å². The number of hydrogen-bond donors (Lipinski definition) is 5. The van der Waals surface area contributed by atoms with Crippen molar-refractivity contribution in [1.29, 1.82) is 0 Å². The standard InChI is InChI=1S/C18H36O2.C2H2O4.C2H6O2/c1-2-3-4-5-6-7-8-9-10-11-12-13-14-15-16-17-18(19)20;3-1(4)2(5)6;3-1-2-4/h2-17H2,1H3,(H,19,20);(H,3,4)(H,5,6);3-4H,1-2H2. The fourth-order valence-corrected chi connectivity index (χ4v) is 2.65. The average molecular weight is 437 g/mol. The quantitative estimate of drug-likeness (QED) is 0.165. The van der Waals surface area contributed by atoms with E-state index in [2.05, 4.69) is 6.92 Å². The number of carbonyl (C=O) groups is 3. The fourth-order valence-electron chi connectivity index (χ4n) is 2.65. The lowest BCUT2D eigenvalue weighted by atomic mass is 10.0. The van der Waals surface area contributed by atoms with E-state index >= 15 is 0 Å². The molecule has 0 rings (SSSR count). The van der Waals surface area contributed by atoms with Gasteiger partial charge in [0.1, 0.15) is 0 Å². The van der Waals surface area contributed by atoms with E-state index in [1.54, 1.807) is 0 Å². The molecule has 0 aliphatic rings. The van der Waals surface area contributed by atoms with Crippen LogP contribution in [0.15, 0.2) is 0 Å². The molecule has 0 spiro atoms. The number of carboxylic acid groups (broad SMARTS) is 3. The first-order valence-corrected chi connectivity index (χ1v) is 11.2. The Morgan fingerprint density at radius 2 is 0.767 bits per heavy atom. The maximum absolute atomic E-state index is 10.3. The van der Waals surface area contributed by atoms with E-state index in [1.807, 2.05) is 0 Å². The summed E-state index contributed by atoms with van der Waals surface area (Å²) in [7, 11) is 0. The van der Waals surface area contributed by atoms with Crippen molar-refractivity contribution in [3.8, 4) is 0 Å². The number of aliphatic hydroxyl groups is 2. The smallest absolute Gasteiger partial charge is 0.414 e. The van der Waals surface area contributed by atoms with Crippen LogP contribution in [-0.2, 0) is 14.4 Å². The van der Waals surface area contributed by atoms with Crippen LogP contribution >= 0.6 is 0 Å². The molecule has 30 heavy (non-hydrogen) atoms. The summed E-state index contributed by atoms with van der Waals surface area (Å²) in [5.41, 5.74) is 0. The lowest BCUT2D eigenvalue weighted by molar-refractivity contribution is -0.159. The van der Waals surface area contributed by atoms with Crippen LogP contribution in [-0.4, -0.2) is 56.7 Å². The summed E-state index contributed by atoms with van der Waals surface area (Å²) in [4.78, 5) is 28.5. The highest BCUT2D eigenvalue weighted by Gasteiger charge is 2.04. The molecular formula is C22H44O8. The van der Waals surface area contributed by atoms with Crippen LogP contribution in [0.5, 0.6) is 0 Å². The molecule has 0 saturated carbocycles. The molecule has 0 aromatic carbocycles. The summed E-state index contributed by atoms with van der Waals surface area (Å²) >= 11 is 0. The van der Waals surface area contributed by atoms with Gasteiger partial charge in [-0.25, -0.2) is 9.59 Å². The normalized spacial score (nSPS) is 9.70. The second-order valence-electron chi connectivity index (χ2n) is 7.15. The Morgan fingerprint density at radius 1 is 0.500 bits per heavy atom. The molecule has 0 saturated heterocycles. The van der Waals surface area contributed by atoms with Crippen LogP contribution in [0.25, 0.3) is 0 Å². The van der Waals surface area contributed by atoms with Crippen LogP contribution in [0.3, 0.4) is 0 Å². The Balaban J connectivity index is -0.000000600. The van der Waals surface area contributed by atoms with Crippen molar-refractivity contribution in [2.45, 2.75) is 110 Å². The monoisotopic (exact) mass is 436 g/mol. The third kappa shape index (κ3) is 40.9. The molecule has 0 amide bonds. The summed E-state index contributed by atoms with van der Waals surface area (Å²) in [6, 6.07) is 0. The minimum atomic E-state index is -1.82. The van der Waals surface area contributed by atoms with E-state index in [0.717, 1.165) is 12.8 Å². The van der Waals surface area contributed by atoms with Crippen molar-refractivity contribution < 1.29 is 39.9 Å². The summed E-state index contributed by atoms with van der Waals surface area (Å²) in [6.45, 7) is 2.02. The molecule has 0 aromatic heterocycles. The van der Waals surface area contributed by atoms with Gasteiger partial charge in [-0.1, -0.05) is 96.8 Å². The Hall–Kier alpha value is -1.67. The lowest BCUT2D eigenvalue weighted by Gasteiger charge is -2.03. The Morgan fingerprint density at radius 3 is 0.967 bits per heavy atom. The second kappa shape index (κ2) is 29.5. The zero-order valence-electron chi connectivity index (χ0n) is 18.7. The Labute approximate surface area is 181 Å². The highest BCUT2D eigenvalue weighted by molar-refractivity contribution is 6.27. The molecule has 5 N–H and O–H groups in total. The first-order chi connectivity index (χ1) is 14.3. The van der Waals surface area contributed by atoms with Gasteiger partial charge in [-0.3, -0.25) is 4.79 Å². The van der Waals surface area contributed by atoms with Gasteiger partial charge in [0.2, 0.25) is 0 Å². The van der Waals surface area contributed by atoms with Crippen LogP contribution in [0.1, 0.15) is 110 Å². The SMILES string of the molecule is CCCCCCCCCCCCCCCCCC(=O)O.O=C(O)C(=O)O.OCCO. The topological polar surface area (TPSA) is 152 Å². The molecule has 180 valence electrons. The Bertz CT molecular complexity index is 371. The zero-order valence-corrected chi connectivity index (χ0v) is 18.7. The van der Waals surface area contributed by atoms with Gasteiger partial charge in [0.05, 0.1) is 13.2 Å². The lowest BCUT2D eigenvalue weighted by Crippen LogP contribution is -2.09. The largest absolute Gasteiger partial charge is 0.481 e. The average Bonchev–Trinajstić information content (AvgIpc) is 2.71. The van der Waals surface area contributed by atoms with Gasteiger partial charge in [0, 0.05) is 6.42 Å². The first kappa shape index (κ1) is 33.0. The summed E-state index contributed by atoms with van der Waals surface area (Å²) in [5.74, 6) is -4.30. The number of aliphatic carboxylic acids is 3. The predicted molar refractivity (Wildman–Crippen MR) is 117 cm³/mol. The van der Waals surface area contributed by atoms with E-state index in [1.165, 1.54) is 83.5 Å². The molecule has 0 aromatic rings. The van der Waals surface area contributed by atoms with Crippen molar-refractivity contribution in [3.63, 3.8) is 0 Å². The molecule has 0 aliphatic carbocycles. The highest BCUT2D eigenvalue weighted by atomic mass is 16.4. The third-order valence-corrected chi connectivity index (χ3v) is 4.28. The number of aliphatic hydroxyl groups excluding tert-OH is 2. The predicted octanol–water partition coefficient (Wildman–Crippen LogP) is 4.46. The molecule has 0 heterocycles. The number of unbranched alkanes of at least 4 members (excludes halogenated alkanes) is 14. The van der Waals surface area contributed by atoms with Crippen LogP contribution in [0.2, 0.25) is 0 Å². The molecule has 0 fully saturated rings. The van der Waals surface area contributed by atoms with Gasteiger partial charge in [0.25, 0.3) is 0 Å². The second-order valence-corrected chi connectivity index (χ2v) is 7.15. The Kier molecular flexibility index (Phi) is 32.5. The van der Waals surface area contributed by atoms with Gasteiger partial charge < -0.3 is 25.5 Å². The van der Waals surface area contributed by atoms with Gasteiger partial charge >= 0.3 is 17.9 Å². The highest BCUT2D eigenvalue weighted by Crippen LogP contribution is 2.13. The minimum Gasteiger partial charge on any atom is -0.481 e.